The maximum absolute atomic E-state index is 5.57. The van der Waals surface area contributed by atoms with Crippen molar-refractivity contribution in [2.45, 2.75) is 0 Å². The predicted octanol–water partition coefficient (Wildman–Crippen LogP) is 4.04. The first-order valence-corrected chi connectivity index (χ1v) is 5.04. The topological polar surface area (TPSA) is 9.23 Å². The fourth-order valence-electron chi connectivity index (χ4n) is 1.09. The molecule has 1 radical (unpaired) electrons. The third kappa shape index (κ3) is 2.36. The standard InChI is InChI=1S/C12H8BrO/c13-10-5-4-8-12(9-10)14-11-6-2-1-3-7-11/h1-7,9H. The lowest BCUT2D eigenvalue weighted by molar-refractivity contribution is 0.481. The van der Waals surface area contributed by atoms with E-state index in [1.54, 1.807) is 0 Å². The summed E-state index contributed by atoms with van der Waals surface area (Å²) in [5, 5.41) is 0. The van der Waals surface area contributed by atoms with E-state index in [0.717, 1.165) is 10.2 Å². The van der Waals surface area contributed by atoms with Gasteiger partial charge >= 0.3 is 0 Å². The molecule has 0 saturated heterocycles. The van der Waals surface area contributed by atoms with Crippen LogP contribution in [0.25, 0.3) is 0 Å². The Hall–Kier alpha value is -1.28. The molecule has 0 aliphatic carbocycles. The zero-order valence-corrected chi connectivity index (χ0v) is 8.99. The SMILES string of the molecule is Brc1cc[c]c(Oc2ccccc2)c1. The van der Waals surface area contributed by atoms with Crippen molar-refractivity contribution < 1.29 is 4.74 Å². The molecular formula is C12H8BrO. The summed E-state index contributed by atoms with van der Waals surface area (Å²) in [5.74, 6) is 1.53. The van der Waals surface area contributed by atoms with Gasteiger partial charge in [-0.2, -0.15) is 0 Å². The van der Waals surface area contributed by atoms with Gasteiger partial charge in [0, 0.05) is 10.5 Å². The first kappa shape index (κ1) is 9.28. The quantitative estimate of drug-likeness (QED) is 0.779. The normalized spacial score (nSPS) is 9.79. The third-order valence-electron chi connectivity index (χ3n) is 1.71. The highest BCUT2D eigenvalue weighted by atomic mass is 79.9. The Morgan fingerprint density at radius 3 is 2.57 bits per heavy atom. The van der Waals surface area contributed by atoms with E-state index >= 15 is 0 Å². The van der Waals surface area contributed by atoms with Crippen LogP contribution < -0.4 is 4.74 Å². The average Bonchev–Trinajstić information content (AvgIpc) is 2.19. The summed E-state index contributed by atoms with van der Waals surface area (Å²) in [6, 6.07) is 18.3. The van der Waals surface area contributed by atoms with Gasteiger partial charge in [-0.05, 0) is 30.3 Å². The maximum Gasteiger partial charge on any atom is 0.136 e. The van der Waals surface area contributed by atoms with E-state index in [2.05, 4.69) is 22.0 Å². The Labute approximate surface area is 91.5 Å². The number of hydrogen-bond acceptors (Lipinski definition) is 1. The smallest absolute Gasteiger partial charge is 0.136 e. The van der Waals surface area contributed by atoms with Crippen molar-refractivity contribution in [3.05, 3.63) is 59.1 Å². The van der Waals surface area contributed by atoms with E-state index < -0.39 is 0 Å². The zero-order chi connectivity index (χ0) is 9.80. The minimum Gasteiger partial charge on any atom is -0.457 e. The molecule has 69 valence electrons. The van der Waals surface area contributed by atoms with E-state index in [1.807, 2.05) is 48.5 Å². The van der Waals surface area contributed by atoms with Gasteiger partial charge in [-0.15, -0.1) is 0 Å². The molecule has 2 heteroatoms. The van der Waals surface area contributed by atoms with Crippen molar-refractivity contribution in [1.29, 1.82) is 0 Å². The van der Waals surface area contributed by atoms with Crippen LogP contribution in [-0.4, -0.2) is 0 Å². The molecule has 0 fully saturated rings. The summed E-state index contributed by atoms with van der Waals surface area (Å²) < 4.78 is 6.56. The summed E-state index contributed by atoms with van der Waals surface area (Å²) in [6.07, 6.45) is 0. The zero-order valence-electron chi connectivity index (χ0n) is 7.41. The first-order valence-electron chi connectivity index (χ1n) is 4.25. The molecule has 0 heterocycles. The van der Waals surface area contributed by atoms with Crippen molar-refractivity contribution in [2.24, 2.45) is 0 Å². The fourth-order valence-corrected chi connectivity index (χ4v) is 1.43. The second-order valence-corrected chi connectivity index (χ2v) is 3.70. The number of rotatable bonds is 2. The molecule has 0 aliphatic heterocycles. The molecule has 0 unspecified atom stereocenters. The highest BCUT2D eigenvalue weighted by molar-refractivity contribution is 9.10. The van der Waals surface area contributed by atoms with Crippen LogP contribution in [0.15, 0.2) is 53.0 Å². The third-order valence-corrected chi connectivity index (χ3v) is 2.20. The summed E-state index contributed by atoms with van der Waals surface area (Å²) in [4.78, 5) is 0. The summed E-state index contributed by atoms with van der Waals surface area (Å²) in [6.45, 7) is 0. The Balaban J connectivity index is 2.19. The van der Waals surface area contributed by atoms with Crippen LogP contribution in [0.3, 0.4) is 0 Å². The molecule has 0 atom stereocenters. The lowest BCUT2D eigenvalue weighted by atomic mass is 10.3. The second-order valence-electron chi connectivity index (χ2n) is 2.79. The molecule has 0 aromatic heterocycles. The highest BCUT2D eigenvalue weighted by Gasteiger charge is 1.96. The Morgan fingerprint density at radius 1 is 1.07 bits per heavy atom. The minimum atomic E-state index is 0.713. The number of benzene rings is 2. The fraction of sp³-hybridized carbons (Fsp3) is 0. The number of halogens is 1. The summed E-state index contributed by atoms with van der Waals surface area (Å²) in [7, 11) is 0. The van der Waals surface area contributed by atoms with Crippen molar-refractivity contribution in [3.8, 4) is 11.5 Å². The van der Waals surface area contributed by atoms with Gasteiger partial charge in [0.15, 0.2) is 0 Å². The maximum atomic E-state index is 5.57. The van der Waals surface area contributed by atoms with Gasteiger partial charge < -0.3 is 4.74 Å². The van der Waals surface area contributed by atoms with Crippen molar-refractivity contribution in [1.82, 2.24) is 0 Å². The van der Waals surface area contributed by atoms with Crippen molar-refractivity contribution in [2.75, 3.05) is 0 Å². The van der Waals surface area contributed by atoms with Gasteiger partial charge in [-0.25, -0.2) is 0 Å². The van der Waals surface area contributed by atoms with E-state index in [-0.39, 0.29) is 0 Å². The lowest BCUT2D eigenvalue weighted by Gasteiger charge is -2.04. The molecule has 2 aromatic carbocycles. The van der Waals surface area contributed by atoms with Gasteiger partial charge in [-0.1, -0.05) is 34.1 Å². The van der Waals surface area contributed by atoms with Crippen LogP contribution >= 0.6 is 15.9 Å². The van der Waals surface area contributed by atoms with Crippen LogP contribution in [0.2, 0.25) is 0 Å². The molecule has 0 N–H and O–H groups in total. The molecular weight excluding hydrogens is 240 g/mol. The number of para-hydroxylation sites is 1. The molecule has 0 spiro atoms. The molecule has 14 heavy (non-hydrogen) atoms. The van der Waals surface area contributed by atoms with Crippen LogP contribution in [-0.2, 0) is 0 Å². The molecule has 0 amide bonds. The molecule has 1 nitrogen and oxygen atoms in total. The molecule has 0 saturated carbocycles. The number of hydrogen-bond donors (Lipinski definition) is 0. The van der Waals surface area contributed by atoms with E-state index in [0.29, 0.717) is 5.75 Å². The van der Waals surface area contributed by atoms with E-state index in [1.165, 1.54) is 0 Å². The van der Waals surface area contributed by atoms with Crippen molar-refractivity contribution in [3.63, 3.8) is 0 Å². The Morgan fingerprint density at radius 2 is 1.86 bits per heavy atom. The average molecular weight is 248 g/mol. The Bertz CT molecular complexity index is 412. The lowest BCUT2D eigenvalue weighted by Crippen LogP contribution is -1.82. The van der Waals surface area contributed by atoms with Crippen LogP contribution in [0, 0.1) is 6.07 Å². The number of ether oxygens (including phenoxy) is 1. The van der Waals surface area contributed by atoms with E-state index in [4.69, 9.17) is 4.74 Å². The van der Waals surface area contributed by atoms with Gasteiger partial charge in [0.2, 0.25) is 0 Å². The largest absolute Gasteiger partial charge is 0.457 e. The van der Waals surface area contributed by atoms with E-state index in [9.17, 15) is 0 Å². The van der Waals surface area contributed by atoms with Crippen molar-refractivity contribution >= 4 is 15.9 Å². The molecule has 0 aliphatic rings. The highest BCUT2D eigenvalue weighted by Crippen LogP contribution is 2.23. The summed E-state index contributed by atoms with van der Waals surface area (Å²) >= 11 is 3.38. The Kier molecular flexibility index (Phi) is 2.84. The van der Waals surface area contributed by atoms with Gasteiger partial charge in [-0.3, -0.25) is 0 Å². The molecule has 2 rings (SSSR count). The second kappa shape index (κ2) is 4.29. The molecule has 0 bridgehead atoms. The van der Waals surface area contributed by atoms with Crippen LogP contribution in [0.5, 0.6) is 11.5 Å². The van der Waals surface area contributed by atoms with Gasteiger partial charge in [0.25, 0.3) is 0 Å². The molecule has 2 aromatic rings. The summed E-state index contributed by atoms with van der Waals surface area (Å²) in [5.41, 5.74) is 0. The minimum absolute atomic E-state index is 0.713. The van der Waals surface area contributed by atoms with Gasteiger partial charge in [0.1, 0.15) is 11.5 Å². The first-order chi connectivity index (χ1) is 6.84. The monoisotopic (exact) mass is 247 g/mol. The predicted molar refractivity (Wildman–Crippen MR) is 59.5 cm³/mol. The van der Waals surface area contributed by atoms with Crippen LogP contribution in [0.4, 0.5) is 0 Å². The van der Waals surface area contributed by atoms with Crippen LogP contribution in [0.1, 0.15) is 0 Å². The van der Waals surface area contributed by atoms with Gasteiger partial charge in [0.05, 0.1) is 0 Å².